The van der Waals surface area contributed by atoms with Crippen LogP contribution in [0.3, 0.4) is 0 Å². The van der Waals surface area contributed by atoms with Gasteiger partial charge in [-0.1, -0.05) is 20.8 Å². The van der Waals surface area contributed by atoms with Gasteiger partial charge in [0.1, 0.15) is 23.0 Å². The van der Waals surface area contributed by atoms with Crippen LogP contribution in [0.2, 0.25) is 0 Å². The number of carbonyl (C=O) groups excluding carboxylic acids is 1. The van der Waals surface area contributed by atoms with E-state index in [1.165, 1.54) is 0 Å². The molecule has 0 aliphatic carbocycles. The van der Waals surface area contributed by atoms with Crippen molar-refractivity contribution in [1.29, 1.82) is 0 Å². The highest BCUT2D eigenvalue weighted by atomic mass is 16.3. The van der Waals surface area contributed by atoms with E-state index in [1.54, 1.807) is 41.5 Å². The number of aryl methyl sites for hydroxylation is 1. The van der Waals surface area contributed by atoms with Crippen LogP contribution in [0, 0.1) is 33.6 Å². The summed E-state index contributed by atoms with van der Waals surface area (Å²) in [5, 5.41) is 0. The topological polar surface area (TPSA) is 77.5 Å². The minimum Gasteiger partial charge on any atom is -0.465 e. The molecule has 0 unspecified atom stereocenters. The second-order valence-electron chi connectivity index (χ2n) is 8.73. The zero-order chi connectivity index (χ0) is 22.9. The van der Waals surface area contributed by atoms with Gasteiger partial charge < -0.3 is 8.83 Å². The number of carbonyl (C=O) groups is 1. The van der Waals surface area contributed by atoms with E-state index < -0.39 is 11.8 Å². The third kappa shape index (κ3) is 4.35. The highest BCUT2D eigenvalue weighted by Crippen LogP contribution is 2.30. The molecule has 0 saturated heterocycles. The maximum absolute atomic E-state index is 13.3. The minimum atomic E-state index is -0.629. The first kappa shape index (κ1) is 23.8. The third-order valence-corrected chi connectivity index (χ3v) is 5.96. The van der Waals surface area contributed by atoms with Gasteiger partial charge in [-0.15, -0.1) is 0 Å². The van der Waals surface area contributed by atoms with E-state index in [2.05, 4.69) is 13.8 Å². The van der Waals surface area contributed by atoms with Crippen LogP contribution in [0.4, 0.5) is 0 Å². The largest absolute Gasteiger partial charge is 0.465 e. The Morgan fingerprint density at radius 3 is 1.53 bits per heavy atom. The van der Waals surface area contributed by atoms with Crippen LogP contribution in [0.5, 0.6) is 0 Å². The average molecular weight is 415 g/mol. The SMILES string of the molecule is CCc1oc([C@@H](C)C(=O)[C@H](C)c2oc(CC(C)C)c(C)c(=O)c2C)c(C)c(=O)c1C. The Morgan fingerprint density at radius 2 is 1.13 bits per heavy atom. The minimum absolute atomic E-state index is 0.0782. The lowest BCUT2D eigenvalue weighted by molar-refractivity contribution is -0.122. The van der Waals surface area contributed by atoms with Gasteiger partial charge in [-0.25, -0.2) is 0 Å². The fourth-order valence-electron chi connectivity index (χ4n) is 3.97. The molecule has 5 heteroatoms. The molecule has 0 saturated carbocycles. The molecule has 2 aromatic heterocycles. The van der Waals surface area contributed by atoms with Gasteiger partial charge in [0.05, 0.1) is 11.8 Å². The van der Waals surface area contributed by atoms with Crippen molar-refractivity contribution < 1.29 is 13.6 Å². The summed E-state index contributed by atoms with van der Waals surface area (Å²) in [5.74, 6) is 0.963. The zero-order valence-corrected chi connectivity index (χ0v) is 19.7. The summed E-state index contributed by atoms with van der Waals surface area (Å²) in [6.07, 6.45) is 1.21. The summed E-state index contributed by atoms with van der Waals surface area (Å²) in [5.41, 5.74) is 1.95. The fraction of sp³-hybridized carbons (Fsp3) is 0.560. The molecule has 0 N–H and O–H groups in total. The van der Waals surface area contributed by atoms with Crippen LogP contribution in [0.25, 0.3) is 0 Å². The smallest absolute Gasteiger partial charge is 0.191 e. The summed E-state index contributed by atoms with van der Waals surface area (Å²) in [7, 11) is 0. The van der Waals surface area contributed by atoms with Crippen molar-refractivity contribution >= 4 is 5.78 Å². The van der Waals surface area contributed by atoms with Gasteiger partial charge in [0.2, 0.25) is 0 Å². The van der Waals surface area contributed by atoms with E-state index in [1.807, 2.05) is 6.92 Å². The van der Waals surface area contributed by atoms with E-state index >= 15 is 0 Å². The van der Waals surface area contributed by atoms with Crippen LogP contribution >= 0.6 is 0 Å². The van der Waals surface area contributed by atoms with Crippen molar-refractivity contribution in [1.82, 2.24) is 0 Å². The molecule has 2 aromatic rings. The Bertz CT molecular complexity index is 1070. The lowest BCUT2D eigenvalue weighted by Gasteiger charge is -2.20. The normalized spacial score (nSPS) is 13.5. The summed E-state index contributed by atoms with van der Waals surface area (Å²) in [6, 6.07) is 0. The fourth-order valence-corrected chi connectivity index (χ4v) is 3.97. The number of Topliss-reactive ketones (excluding diaryl/α,β-unsaturated/α-hetero) is 1. The van der Waals surface area contributed by atoms with Gasteiger partial charge in [0, 0.05) is 35.1 Å². The molecule has 5 nitrogen and oxygen atoms in total. The lowest BCUT2D eigenvalue weighted by Crippen LogP contribution is -2.24. The Morgan fingerprint density at radius 1 is 0.733 bits per heavy atom. The Balaban J connectivity index is 2.53. The first-order valence-corrected chi connectivity index (χ1v) is 10.7. The van der Waals surface area contributed by atoms with E-state index in [-0.39, 0.29) is 16.6 Å². The zero-order valence-electron chi connectivity index (χ0n) is 19.7. The molecule has 164 valence electrons. The maximum atomic E-state index is 13.3. The van der Waals surface area contributed by atoms with E-state index in [0.717, 1.165) is 0 Å². The quantitative estimate of drug-likeness (QED) is 0.632. The van der Waals surface area contributed by atoms with Crippen molar-refractivity contribution in [3.8, 4) is 0 Å². The molecule has 0 aliphatic heterocycles. The predicted octanol–water partition coefficient (Wildman–Crippen LogP) is 5.06. The monoisotopic (exact) mass is 414 g/mol. The van der Waals surface area contributed by atoms with E-state index in [4.69, 9.17) is 8.83 Å². The molecule has 0 radical (unpaired) electrons. The second-order valence-corrected chi connectivity index (χ2v) is 8.73. The molecule has 0 spiro atoms. The van der Waals surface area contributed by atoms with Gasteiger partial charge in [0.25, 0.3) is 0 Å². The second kappa shape index (κ2) is 9.15. The Labute approximate surface area is 178 Å². The van der Waals surface area contributed by atoms with E-state index in [0.29, 0.717) is 64.1 Å². The molecular formula is C25H34O5. The number of hydrogen-bond acceptors (Lipinski definition) is 5. The van der Waals surface area contributed by atoms with Crippen molar-refractivity contribution in [2.75, 3.05) is 0 Å². The van der Waals surface area contributed by atoms with Crippen LogP contribution < -0.4 is 10.9 Å². The third-order valence-electron chi connectivity index (χ3n) is 5.96. The molecule has 0 aromatic carbocycles. The summed E-state index contributed by atoms with van der Waals surface area (Å²) < 4.78 is 12.1. The van der Waals surface area contributed by atoms with Gasteiger partial charge >= 0.3 is 0 Å². The van der Waals surface area contributed by atoms with Crippen molar-refractivity contribution in [3.63, 3.8) is 0 Å². The number of rotatable bonds is 7. The van der Waals surface area contributed by atoms with Gasteiger partial charge in [-0.3, -0.25) is 14.4 Å². The molecule has 2 heterocycles. The summed E-state index contributed by atoms with van der Waals surface area (Å²) in [6.45, 7) is 16.4. The van der Waals surface area contributed by atoms with Gasteiger partial charge in [0.15, 0.2) is 16.6 Å². The molecule has 0 fully saturated rings. The summed E-state index contributed by atoms with van der Waals surface area (Å²) >= 11 is 0. The summed E-state index contributed by atoms with van der Waals surface area (Å²) in [4.78, 5) is 38.7. The molecule has 0 aliphatic rings. The standard InChI is InChI=1S/C25H34O5/c1-10-19-13(4)21(26)15(6)24(29-19)17(8)23(28)18(9)25-16(7)22(27)14(5)20(30-25)11-12(2)3/h12,17-18H,10-11H2,1-9H3/t17-,18-/m0/s1. The first-order valence-electron chi connectivity index (χ1n) is 10.7. The predicted molar refractivity (Wildman–Crippen MR) is 119 cm³/mol. The Hall–Kier alpha value is -2.43. The maximum Gasteiger partial charge on any atom is 0.191 e. The number of ketones is 1. The lowest BCUT2D eigenvalue weighted by atomic mass is 9.87. The molecule has 2 atom stereocenters. The van der Waals surface area contributed by atoms with Crippen LogP contribution in [0.1, 0.15) is 91.7 Å². The highest BCUT2D eigenvalue weighted by Gasteiger charge is 2.31. The highest BCUT2D eigenvalue weighted by molar-refractivity contribution is 5.90. The average Bonchev–Trinajstić information content (AvgIpc) is 2.70. The Kier molecular flexibility index (Phi) is 7.27. The molecule has 0 amide bonds. The van der Waals surface area contributed by atoms with Gasteiger partial charge in [-0.2, -0.15) is 0 Å². The molecular weight excluding hydrogens is 380 g/mol. The molecule has 2 rings (SSSR count). The molecule has 0 bridgehead atoms. The van der Waals surface area contributed by atoms with Crippen molar-refractivity contribution in [2.45, 2.75) is 87.0 Å². The van der Waals surface area contributed by atoms with Gasteiger partial charge in [-0.05, 0) is 47.5 Å². The molecule has 30 heavy (non-hydrogen) atoms. The van der Waals surface area contributed by atoms with Crippen LogP contribution in [-0.4, -0.2) is 5.78 Å². The number of hydrogen-bond donors (Lipinski definition) is 0. The van der Waals surface area contributed by atoms with Crippen molar-refractivity contribution in [2.24, 2.45) is 5.92 Å². The van der Waals surface area contributed by atoms with Crippen LogP contribution in [-0.2, 0) is 17.6 Å². The van der Waals surface area contributed by atoms with Crippen LogP contribution in [0.15, 0.2) is 18.4 Å². The first-order chi connectivity index (χ1) is 13.9. The van der Waals surface area contributed by atoms with Crippen molar-refractivity contribution in [3.05, 3.63) is 65.7 Å². The van der Waals surface area contributed by atoms with E-state index in [9.17, 15) is 14.4 Å².